The molecule has 1 saturated heterocycles. The van der Waals surface area contributed by atoms with E-state index in [0.29, 0.717) is 10.8 Å². The number of imidazole rings is 1. The summed E-state index contributed by atoms with van der Waals surface area (Å²) in [5, 5.41) is 5.53. The Morgan fingerprint density at radius 3 is 3.15 bits per heavy atom. The average Bonchev–Trinajstić information content (AvgIpc) is 3.21. The van der Waals surface area contributed by atoms with E-state index >= 15 is 0 Å². The average molecular weight is 369 g/mol. The van der Waals surface area contributed by atoms with Crippen LogP contribution in [0.5, 0.6) is 0 Å². The number of hydrogen-bond acceptors (Lipinski definition) is 5. The Morgan fingerprint density at radius 2 is 2.31 bits per heavy atom. The number of aromatic nitrogens is 3. The van der Waals surface area contributed by atoms with Crippen LogP contribution < -0.4 is 5.32 Å². The van der Waals surface area contributed by atoms with Gasteiger partial charge < -0.3 is 4.40 Å². The van der Waals surface area contributed by atoms with E-state index in [0.717, 1.165) is 42.5 Å². The first-order valence-electron chi connectivity index (χ1n) is 9.00. The van der Waals surface area contributed by atoms with Gasteiger partial charge in [0.25, 0.3) is 5.91 Å². The molecule has 1 aliphatic rings. The molecule has 1 atom stereocenters. The maximum atomic E-state index is 12.5. The second kappa shape index (κ2) is 7.17. The highest BCUT2D eigenvalue weighted by atomic mass is 32.1. The Labute approximate surface area is 156 Å². The molecular formula is C19H23N5OS. The second-order valence-corrected chi connectivity index (χ2v) is 8.03. The Balaban J connectivity index is 1.42. The zero-order valence-electron chi connectivity index (χ0n) is 15.1. The van der Waals surface area contributed by atoms with Crippen molar-refractivity contribution < 1.29 is 4.79 Å². The molecule has 0 aromatic carbocycles. The third kappa shape index (κ3) is 3.78. The fraction of sp³-hybridized carbons (Fsp3) is 0.421. The first-order valence-corrected chi connectivity index (χ1v) is 9.88. The third-order valence-electron chi connectivity index (χ3n) is 4.75. The van der Waals surface area contributed by atoms with Crippen LogP contribution in [0.2, 0.25) is 0 Å². The van der Waals surface area contributed by atoms with Crippen LogP contribution in [0.1, 0.15) is 41.5 Å². The van der Waals surface area contributed by atoms with E-state index in [2.05, 4.69) is 27.1 Å². The summed E-state index contributed by atoms with van der Waals surface area (Å²) in [5.41, 5.74) is 3.31. The summed E-state index contributed by atoms with van der Waals surface area (Å²) in [6.45, 7) is 7.41. The standard InChI is InChI=1S/C19H23N5OS/c1-13-5-7-24-11-16(21-17(24)8-13)18(25)22-19-20-15(12-26-19)10-23-6-3-4-14(2)9-23/h5,7-8,11-12,14H,3-4,6,9-10H2,1-2H3,(H,20,22,25)/t14-/m0/s1. The molecule has 7 heteroatoms. The van der Waals surface area contributed by atoms with Crippen molar-refractivity contribution in [3.8, 4) is 0 Å². The Hall–Kier alpha value is -2.25. The van der Waals surface area contributed by atoms with Gasteiger partial charge in [-0.05, 0) is 49.9 Å². The SMILES string of the molecule is Cc1ccn2cc(C(=O)Nc3nc(CN4CCC[C@H](C)C4)cs3)nc2c1. The lowest BCUT2D eigenvalue weighted by molar-refractivity contribution is 0.102. The van der Waals surface area contributed by atoms with E-state index in [1.165, 1.54) is 24.2 Å². The molecule has 3 aromatic heterocycles. The smallest absolute Gasteiger partial charge is 0.277 e. The number of pyridine rings is 1. The van der Waals surface area contributed by atoms with Gasteiger partial charge in [-0.25, -0.2) is 9.97 Å². The minimum atomic E-state index is -0.223. The van der Waals surface area contributed by atoms with E-state index in [9.17, 15) is 4.79 Å². The van der Waals surface area contributed by atoms with E-state index in [1.807, 2.05) is 35.0 Å². The number of carbonyl (C=O) groups excluding carboxylic acids is 1. The lowest BCUT2D eigenvalue weighted by Gasteiger charge is -2.30. The summed E-state index contributed by atoms with van der Waals surface area (Å²) >= 11 is 1.47. The van der Waals surface area contributed by atoms with Crippen LogP contribution in [-0.4, -0.2) is 38.3 Å². The van der Waals surface area contributed by atoms with Gasteiger partial charge in [-0.2, -0.15) is 0 Å². The Morgan fingerprint density at radius 1 is 1.42 bits per heavy atom. The fourth-order valence-corrected chi connectivity index (χ4v) is 4.15. The van der Waals surface area contributed by atoms with Crippen LogP contribution in [0, 0.1) is 12.8 Å². The number of nitrogens with zero attached hydrogens (tertiary/aromatic N) is 4. The summed E-state index contributed by atoms with van der Waals surface area (Å²) in [6, 6.07) is 3.95. The minimum Gasteiger partial charge on any atom is -0.306 e. The first-order chi connectivity index (χ1) is 12.6. The molecule has 0 bridgehead atoms. The van der Waals surface area contributed by atoms with Gasteiger partial charge in [0.15, 0.2) is 5.13 Å². The van der Waals surface area contributed by atoms with Crippen molar-refractivity contribution >= 4 is 28.0 Å². The summed E-state index contributed by atoms with van der Waals surface area (Å²) in [5.74, 6) is 0.527. The molecule has 4 heterocycles. The van der Waals surface area contributed by atoms with Gasteiger partial charge in [0.1, 0.15) is 11.3 Å². The van der Waals surface area contributed by atoms with Crippen LogP contribution in [0.4, 0.5) is 5.13 Å². The summed E-state index contributed by atoms with van der Waals surface area (Å²) in [6.07, 6.45) is 6.22. The molecule has 0 saturated carbocycles. The number of carbonyl (C=O) groups is 1. The Bertz CT molecular complexity index is 931. The van der Waals surface area contributed by atoms with Crippen molar-refractivity contribution in [3.05, 3.63) is 46.9 Å². The van der Waals surface area contributed by atoms with Crippen molar-refractivity contribution in [2.45, 2.75) is 33.2 Å². The van der Waals surface area contributed by atoms with Crippen molar-refractivity contribution in [2.24, 2.45) is 5.92 Å². The van der Waals surface area contributed by atoms with Crippen molar-refractivity contribution in [2.75, 3.05) is 18.4 Å². The molecule has 0 unspecified atom stereocenters. The molecule has 136 valence electrons. The minimum absolute atomic E-state index is 0.223. The number of thiazole rings is 1. The Kier molecular flexibility index (Phi) is 4.74. The molecule has 1 aliphatic heterocycles. The highest BCUT2D eigenvalue weighted by molar-refractivity contribution is 7.13. The lowest BCUT2D eigenvalue weighted by Crippen LogP contribution is -2.33. The number of likely N-dealkylation sites (tertiary alicyclic amines) is 1. The van der Waals surface area contributed by atoms with Gasteiger partial charge in [-0.3, -0.25) is 15.0 Å². The van der Waals surface area contributed by atoms with Crippen LogP contribution >= 0.6 is 11.3 Å². The predicted molar refractivity (Wildman–Crippen MR) is 104 cm³/mol. The highest BCUT2D eigenvalue weighted by Gasteiger charge is 2.18. The van der Waals surface area contributed by atoms with E-state index < -0.39 is 0 Å². The fourth-order valence-electron chi connectivity index (χ4n) is 3.45. The maximum absolute atomic E-state index is 12.5. The molecule has 3 aromatic rings. The third-order valence-corrected chi connectivity index (χ3v) is 5.55. The lowest BCUT2D eigenvalue weighted by atomic mass is 10.0. The molecule has 0 aliphatic carbocycles. The number of nitrogens with one attached hydrogen (secondary N) is 1. The predicted octanol–water partition coefficient (Wildman–Crippen LogP) is 3.58. The summed E-state index contributed by atoms with van der Waals surface area (Å²) in [7, 11) is 0. The number of aryl methyl sites for hydroxylation is 1. The number of fused-ring (bicyclic) bond motifs is 1. The van der Waals surface area contributed by atoms with Crippen molar-refractivity contribution in [1.29, 1.82) is 0 Å². The van der Waals surface area contributed by atoms with Gasteiger partial charge in [0.05, 0.1) is 5.69 Å². The molecule has 26 heavy (non-hydrogen) atoms. The number of amides is 1. The van der Waals surface area contributed by atoms with Gasteiger partial charge >= 0.3 is 0 Å². The molecule has 6 nitrogen and oxygen atoms in total. The highest BCUT2D eigenvalue weighted by Crippen LogP contribution is 2.21. The zero-order chi connectivity index (χ0) is 18.1. The van der Waals surface area contributed by atoms with Gasteiger partial charge in [0.2, 0.25) is 0 Å². The largest absolute Gasteiger partial charge is 0.306 e. The number of anilines is 1. The number of rotatable bonds is 4. The van der Waals surface area contributed by atoms with E-state index in [4.69, 9.17) is 0 Å². The van der Waals surface area contributed by atoms with Gasteiger partial charge in [-0.1, -0.05) is 6.92 Å². The van der Waals surface area contributed by atoms with Crippen LogP contribution in [0.3, 0.4) is 0 Å². The summed E-state index contributed by atoms with van der Waals surface area (Å²) < 4.78 is 1.85. The molecule has 4 rings (SSSR count). The second-order valence-electron chi connectivity index (χ2n) is 7.18. The molecule has 1 N–H and O–H groups in total. The molecule has 1 amide bonds. The quantitative estimate of drug-likeness (QED) is 0.763. The summed E-state index contributed by atoms with van der Waals surface area (Å²) in [4.78, 5) is 23.9. The zero-order valence-corrected chi connectivity index (χ0v) is 15.9. The first kappa shape index (κ1) is 17.2. The van der Waals surface area contributed by atoms with Crippen LogP contribution in [-0.2, 0) is 6.54 Å². The normalized spacial score (nSPS) is 18.3. The topological polar surface area (TPSA) is 62.5 Å². The van der Waals surface area contributed by atoms with Crippen LogP contribution in [0.15, 0.2) is 29.9 Å². The van der Waals surface area contributed by atoms with E-state index in [-0.39, 0.29) is 5.91 Å². The van der Waals surface area contributed by atoms with Crippen LogP contribution in [0.25, 0.3) is 5.65 Å². The van der Waals surface area contributed by atoms with Gasteiger partial charge in [-0.15, -0.1) is 11.3 Å². The molecular weight excluding hydrogens is 346 g/mol. The molecule has 0 radical (unpaired) electrons. The number of piperidine rings is 1. The van der Waals surface area contributed by atoms with Gasteiger partial charge in [0, 0.05) is 30.9 Å². The molecule has 0 spiro atoms. The van der Waals surface area contributed by atoms with Crippen molar-refractivity contribution in [3.63, 3.8) is 0 Å². The van der Waals surface area contributed by atoms with E-state index in [1.54, 1.807) is 6.20 Å². The maximum Gasteiger partial charge on any atom is 0.277 e. The number of hydrogen-bond donors (Lipinski definition) is 1. The molecule has 1 fully saturated rings. The monoisotopic (exact) mass is 369 g/mol. The van der Waals surface area contributed by atoms with Crippen molar-refractivity contribution in [1.82, 2.24) is 19.3 Å².